The summed E-state index contributed by atoms with van der Waals surface area (Å²) < 4.78 is 1.46. The second-order valence-corrected chi connectivity index (χ2v) is 6.83. The van der Waals surface area contributed by atoms with Crippen LogP contribution in [0.15, 0.2) is 36.5 Å². The normalized spacial score (nSPS) is 11.0. The lowest BCUT2D eigenvalue weighted by molar-refractivity contribution is -0.131. The third-order valence-corrected chi connectivity index (χ3v) is 3.56. The third-order valence-electron chi connectivity index (χ3n) is 3.56. The molecule has 8 heteroatoms. The SMILES string of the molecule is CC(C)(C)C(=O)NCC(=O)NCc1cccc(-n2ccc(C(=O)O)n2)c1. The standard InChI is InChI=1S/C18H22N4O4/c1-18(2,3)17(26)20-11-15(23)19-10-12-5-4-6-13(9-12)22-8-7-14(21-22)16(24)25/h4-9H,10-11H2,1-3H3,(H,19,23)(H,20,26)(H,24,25). The summed E-state index contributed by atoms with van der Waals surface area (Å²) in [6.45, 7) is 5.52. The molecule has 2 amide bonds. The van der Waals surface area contributed by atoms with Crippen LogP contribution >= 0.6 is 0 Å². The van der Waals surface area contributed by atoms with Gasteiger partial charge in [0, 0.05) is 18.2 Å². The van der Waals surface area contributed by atoms with E-state index in [-0.39, 0.29) is 30.6 Å². The third kappa shape index (κ3) is 5.17. The van der Waals surface area contributed by atoms with Crippen LogP contribution < -0.4 is 10.6 Å². The van der Waals surface area contributed by atoms with Gasteiger partial charge in [-0.15, -0.1) is 0 Å². The minimum absolute atomic E-state index is 0.0432. The molecule has 1 aromatic heterocycles. The lowest BCUT2D eigenvalue weighted by atomic mass is 9.96. The molecule has 1 aromatic carbocycles. The molecule has 0 aliphatic rings. The number of rotatable bonds is 6. The molecule has 8 nitrogen and oxygen atoms in total. The van der Waals surface area contributed by atoms with Crippen molar-refractivity contribution in [3.05, 3.63) is 47.8 Å². The summed E-state index contributed by atoms with van der Waals surface area (Å²) in [6, 6.07) is 8.62. The zero-order valence-electron chi connectivity index (χ0n) is 14.9. The van der Waals surface area contributed by atoms with Crippen molar-refractivity contribution in [3.8, 4) is 5.69 Å². The molecule has 0 radical (unpaired) electrons. The Morgan fingerprint density at radius 2 is 1.88 bits per heavy atom. The maximum atomic E-state index is 11.9. The zero-order chi connectivity index (χ0) is 19.3. The molecule has 1 heterocycles. The molecular weight excluding hydrogens is 336 g/mol. The van der Waals surface area contributed by atoms with Gasteiger partial charge in [-0.3, -0.25) is 9.59 Å². The van der Waals surface area contributed by atoms with Crippen LogP contribution in [0.4, 0.5) is 0 Å². The molecule has 0 saturated carbocycles. The molecule has 0 saturated heterocycles. The number of carbonyl (C=O) groups is 3. The highest BCUT2D eigenvalue weighted by Crippen LogP contribution is 2.12. The van der Waals surface area contributed by atoms with Crippen LogP contribution in [0.2, 0.25) is 0 Å². The number of amides is 2. The van der Waals surface area contributed by atoms with Crippen LogP contribution in [0, 0.1) is 5.41 Å². The highest BCUT2D eigenvalue weighted by atomic mass is 16.4. The molecular formula is C18H22N4O4. The van der Waals surface area contributed by atoms with Crippen LogP contribution in [0.1, 0.15) is 36.8 Å². The first-order chi connectivity index (χ1) is 12.2. The van der Waals surface area contributed by atoms with Crippen molar-refractivity contribution in [1.82, 2.24) is 20.4 Å². The fraction of sp³-hybridized carbons (Fsp3) is 0.333. The molecule has 3 N–H and O–H groups in total. The Labute approximate surface area is 151 Å². The number of aromatic carboxylic acids is 1. The number of carboxylic acid groups (broad SMARTS) is 1. The van der Waals surface area contributed by atoms with Gasteiger partial charge in [0.25, 0.3) is 0 Å². The molecule has 138 valence electrons. The van der Waals surface area contributed by atoms with Gasteiger partial charge >= 0.3 is 5.97 Å². The summed E-state index contributed by atoms with van der Waals surface area (Å²) in [6.07, 6.45) is 1.56. The van der Waals surface area contributed by atoms with E-state index in [2.05, 4.69) is 15.7 Å². The quantitative estimate of drug-likeness (QED) is 0.721. The number of carbonyl (C=O) groups excluding carboxylic acids is 2. The van der Waals surface area contributed by atoms with E-state index in [1.54, 1.807) is 45.2 Å². The van der Waals surface area contributed by atoms with Gasteiger partial charge in [-0.05, 0) is 23.8 Å². The average Bonchev–Trinajstić information content (AvgIpc) is 3.07. The predicted octanol–water partition coefficient (Wildman–Crippen LogP) is 1.35. The second kappa shape index (κ2) is 7.81. The number of carboxylic acids is 1. The van der Waals surface area contributed by atoms with Crippen molar-refractivity contribution in [3.63, 3.8) is 0 Å². The Bertz CT molecular complexity index is 821. The van der Waals surface area contributed by atoms with Crippen molar-refractivity contribution in [2.75, 3.05) is 6.54 Å². The largest absolute Gasteiger partial charge is 0.476 e. The van der Waals surface area contributed by atoms with E-state index in [1.165, 1.54) is 10.7 Å². The molecule has 0 bridgehead atoms. The Morgan fingerprint density at radius 1 is 1.15 bits per heavy atom. The maximum absolute atomic E-state index is 11.9. The molecule has 0 fully saturated rings. The van der Waals surface area contributed by atoms with E-state index in [0.29, 0.717) is 5.69 Å². The number of aromatic nitrogens is 2. The fourth-order valence-corrected chi connectivity index (χ4v) is 2.08. The highest BCUT2D eigenvalue weighted by molar-refractivity contribution is 5.87. The Balaban J connectivity index is 1.93. The fourth-order valence-electron chi connectivity index (χ4n) is 2.08. The van der Waals surface area contributed by atoms with E-state index in [0.717, 1.165) is 5.56 Å². The molecule has 0 aliphatic heterocycles. The van der Waals surface area contributed by atoms with Crippen molar-refractivity contribution in [2.45, 2.75) is 27.3 Å². The molecule has 0 spiro atoms. The van der Waals surface area contributed by atoms with E-state index >= 15 is 0 Å². The number of hydrogen-bond acceptors (Lipinski definition) is 4. The minimum Gasteiger partial charge on any atom is -0.476 e. The Morgan fingerprint density at radius 3 is 2.50 bits per heavy atom. The number of nitrogens with one attached hydrogen (secondary N) is 2. The lowest BCUT2D eigenvalue weighted by Crippen LogP contribution is -2.41. The average molecular weight is 358 g/mol. The second-order valence-electron chi connectivity index (χ2n) is 6.83. The molecule has 2 aromatic rings. The first-order valence-corrected chi connectivity index (χ1v) is 8.10. The summed E-state index contributed by atoms with van der Waals surface area (Å²) in [4.78, 5) is 34.5. The van der Waals surface area contributed by atoms with Gasteiger partial charge in [0.2, 0.25) is 11.8 Å². The van der Waals surface area contributed by atoms with Gasteiger partial charge in [-0.2, -0.15) is 5.10 Å². The molecule has 26 heavy (non-hydrogen) atoms. The van der Waals surface area contributed by atoms with Crippen molar-refractivity contribution >= 4 is 17.8 Å². The van der Waals surface area contributed by atoms with E-state index in [9.17, 15) is 14.4 Å². The number of nitrogens with zero attached hydrogens (tertiary/aromatic N) is 2. The molecule has 0 atom stereocenters. The number of hydrogen-bond donors (Lipinski definition) is 3. The summed E-state index contributed by atoms with van der Waals surface area (Å²) in [5.74, 6) is -1.58. The summed E-state index contributed by atoms with van der Waals surface area (Å²) >= 11 is 0. The van der Waals surface area contributed by atoms with Gasteiger partial charge in [-0.1, -0.05) is 32.9 Å². The topological polar surface area (TPSA) is 113 Å². The lowest BCUT2D eigenvalue weighted by Gasteiger charge is -2.17. The predicted molar refractivity (Wildman–Crippen MR) is 94.8 cm³/mol. The van der Waals surface area contributed by atoms with E-state index in [1.807, 2.05) is 6.07 Å². The summed E-state index contributed by atoms with van der Waals surface area (Å²) in [7, 11) is 0. The summed E-state index contributed by atoms with van der Waals surface area (Å²) in [5, 5.41) is 18.2. The first-order valence-electron chi connectivity index (χ1n) is 8.10. The number of benzene rings is 1. The van der Waals surface area contributed by atoms with E-state index in [4.69, 9.17) is 5.11 Å². The minimum atomic E-state index is -1.09. The van der Waals surface area contributed by atoms with Crippen LogP contribution in [0.5, 0.6) is 0 Å². The monoisotopic (exact) mass is 358 g/mol. The Hall–Kier alpha value is -3.16. The zero-order valence-corrected chi connectivity index (χ0v) is 14.9. The van der Waals surface area contributed by atoms with Crippen LogP contribution in [0.3, 0.4) is 0 Å². The van der Waals surface area contributed by atoms with Crippen molar-refractivity contribution < 1.29 is 19.5 Å². The molecule has 2 rings (SSSR count). The van der Waals surface area contributed by atoms with Crippen LogP contribution in [0.25, 0.3) is 5.69 Å². The van der Waals surface area contributed by atoms with E-state index < -0.39 is 11.4 Å². The van der Waals surface area contributed by atoms with Gasteiger partial charge in [0.1, 0.15) is 0 Å². The van der Waals surface area contributed by atoms with Crippen molar-refractivity contribution in [2.24, 2.45) is 5.41 Å². The van der Waals surface area contributed by atoms with Gasteiger partial charge in [0.05, 0.1) is 12.2 Å². The first kappa shape index (κ1) is 19.2. The highest BCUT2D eigenvalue weighted by Gasteiger charge is 2.21. The van der Waals surface area contributed by atoms with Gasteiger partial charge in [-0.25, -0.2) is 9.48 Å². The Kier molecular flexibility index (Phi) is 5.76. The molecule has 0 aliphatic carbocycles. The van der Waals surface area contributed by atoms with Crippen molar-refractivity contribution in [1.29, 1.82) is 0 Å². The maximum Gasteiger partial charge on any atom is 0.356 e. The van der Waals surface area contributed by atoms with Crippen LogP contribution in [-0.4, -0.2) is 39.2 Å². The van der Waals surface area contributed by atoms with Crippen LogP contribution in [-0.2, 0) is 16.1 Å². The van der Waals surface area contributed by atoms with Gasteiger partial charge in [0.15, 0.2) is 5.69 Å². The van der Waals surface area contributed by atoms with Gasteiger partial charge < -0.3 is 15.7 Å². The molecule has 0 unspecified atom stereocenters. The summed E-state index contributed by atoms with van der Waals surface area (Å²) in [5.41, 5.74) is 0.918. The smallest absolute Gasteiger partial charge is 0.356 e.